The smallest absolute Gasteiger partial charge is 0.416 e. The zero-order chi connectivity index (χ0) is 15.5. The molecule has 0 spiro atoms. The third kappa shape index (κ3) is 3.95. The first-order valence-electron chi connectivity index (χ1n) is 6.18. The molecule has 0 saturated carbocycles. The highest BCUT2D eigenvalue weighted by molar-refractivity contribution is 5.36. The second kappa shape index (κ2) is 6.13. The molecule has 0 unspecified atom stereocenters. The molecule has 2 nitrogen and oxygen atoms in total. The van der Waals surface area contributed by atoms with Gasteiger partial charge in [-0.1, -0.05) is 12.1 Å². The molecule has 0 amide bonds. The Bertz CT molecular complexity index is 625. The van der Waals surface area contributed by atoms with Gasteiger partial charge in [0.25, 0.3) is 0 Å². The second-order valence-electron chi connectivity index (χ2n) is 4.42. The molecule has 2 aromatic carbocycles. The van der Waals surface area contributed by atoms with E-state index in [-0.39, 0.29) is 5.75 Å². The van der Waals surface area contributed by atoms with Crippen molar-refractivity contribution in [3.63, 3.8) is 0 Å². The van der Waals surface area contributed by atoms with E-state index < -0.39 is 17.6 Å². The van der Waals surface area contributed by atoms with Crippen molar-refractivity contribution in [3.05, 3.63) is 59.4 Å². The number of hydrogen-bond acceptors (Lipinski definition) is 2. The summed E-state index contributed by atoms with van der Waals surface area (Å²) in [6.07, 6.45) is -4.58. The Morgan fingerprint density at radius 2 is 1.86 bits per heavy atom. The van der Waals surface area contributed by atoms with Gasteiger partial charge in [-0.2, -0.15) is 13.2 Å². The minimum absolute atomic E-state index is 0.246. The van der Waals surface area contributed by atoms with Crippen molar-refractivity contribution < 1.29 is 22.3 Å². The van der Waals surface area contributed by atoms with Crippen molar-refractivity contribution in [3.8, 4) is 11.5 Å². The Morgan fingerprint density at radius 3 is 2.48 bits per heavy atom. The number of hydrogen-bond donors (Lipinski definition) is 1. The Kier molecular flexibility index (Phi) is 4.47. The van der Waals surface area contributed by atoms with E-state index in [2.05, 4.69) is 5.32 Å². The van der Waals surface area contributed by atoms with Crippen molar-refractivity contribution in [1.82, 2.24) is 5.32 Å². The molecule has 112 valence electrons. The predicted molar refractivity (Wildman–Crippen MR) is 70.7 cm³/mol. The van der Waals surface area contributed by atoms with Crippen molar-refractivity contribution in [2.75, 3.05) is 7.05 Å². The molecule has 0 aliphatic rings. The van der Waals surface area contributed by atoms with Crippen LogP contribution in [0.1, 0.15) is 11.1 Å². The van der Waals surface area contributed by atoms with Gasteiger partial charge >= 0.3 is 6.18 Å². The van der Waals surface area contributed by atoms with Crippen LogP contribution >= 0.6 is 0 Å². The molecular weight excluding hydrogens is 286 g/mol. The van der Waals surface area contributed by atoms with Crippen LogP contribution < -0.4 is 10.1 Å². The van der Waals surface area contributed by atoms with Crippen LogP contribution in [0.15, 0.2) is 42.5 Å². The Hall–Kier alpha value is -2.08. The molecule has 2 rings (SSSR count). The maximum atomic E-state index is 13.7. The average Bonchev–Trinajstić information content (AvgIpc) is 2.41. The molecule has 0 fully saturated rings. The largest absolute Gasteiger partial charge is 0.454 e. The first kappa shape index (κ1) is 15.3. The standard InChI is InChI=1S/C15H13F4NO/c1-20-9-10-3-2-4-12(7-10)21-14-6-5-11(8-13(14)16)15(17,18)19/h2-8,20H,9H2,1H3. The highest BCUT2D eigenvalue weighted by atomic mass is 19.4. The van der Waals surface area contributed by atoms with Gasteiger partial charge in [-0.05, 0) is 42.9 Å². The van der Waals surface area contributed by atoms with Crippen LogP contribution in [-0.2, 0) is 12.7 Å². The van der Waals surface area contributed by atoms with Crippen LogP contribution in [0, 0.1) is 5.82 Å². The number of rotatable bonds is 4. The summed E-state index contributed by atoms with van der Waals surface area (Å²) in [5.74, 6) is -0.935. The summed E-state index contributed by atoms with van der Waals surface area (Å²) in [5, 5.41) is 2.96. The van der Waals surface area contributed by atoms with Gasteiger partial charge in [0.1, 0.15) is 5.75 Å². The summed E-state index contributed by atoms with van der Waals surface area (Å²) < 4.78 is 56.3. The van der Waals surface area contributed by atoms with Crippen molar-refractivity contribution in [1.29, 1.82) is 0 Å². The van der Waals surface area contributed by atoms with Crippen LogP contribution in [0.2, 0.25) is 0 Å². The Labute approximate surface area is 119 Å². The molecule has 0 radical (unpaired) electrons. The Morgan fingerprint density at radius 1 is 1.10 bits per heavy atom. The zero-order valence-corrected chi connectivity index (χ0v) is 11.2. The zero-order valence-electron chi connectivity index (χ0n) is 11.2. The Balaban J connectivity index is 2.22. The lowest BCUT2D eigenvalue weighted by molar-refractivity contribution is -0.137. The van der Waals surface area contributed by atoms with Gasteiger partial charge in [0.2, 0.25) is 0 Å². The first-order valence-corrected chi connectivity index (χ1v) is 6.18. The normalized spacial score (nSPS) is 11.5. The monoisotopic (exact) mass is 299 g/mol. The fraction of sp³-hybridized carbons (Fsp3) is 0.200. The van der Waals surface area contributed by atoms with E-state index in [0.717, 1.165) is 17.7 Å². The van der Waals surface area contributed by atoms with Crippen LogP contribution in [-0.4, -0.2) is 7.05 Å². The molecule has 2 aromatic rings. The van der Waals surface area contributed by atoms with Crippen molar-refractivity contribution in [2.45, 2.75) is 12.7 Å². The minimum atomic E-state index is -4.58. The molecule has 0 atom stereocenters. The van der Waals surface area contributed by atoms with Crippen molar-refractivity contribution in [2.24, 2.45) is 0 Å². The van der Waals surface area contributed by atoms with Gasteiger partial charge in [-0.3, -0.25) is 0 Å². The van der Waals surface area contributed by atoms with E-state index in [1.807, 2.05) is 6.07 Å². The summed E-state index contributed by atoms with van der Waals surface area (Å²) in [5.41, 5.74) is -0.126. The van der Waals surface area contributed by atoms with Crippen LogP contribution in [0.3, 0.4) is 0 Å². The van der Waals surface area contributed by atoms with Gasteiger partial charge in [-0.15, -0.1) is 0 Å². The molecule has 0 aliphatic heterocycles. The van der Waals surface area contributed by atoms with Gasteiger partial charge in [0.15, 0.2) is 11.6 Å². The molecule has 0 saturated heterocycles. The summed E-state index contributed by atoms with van der Waals surface area (Å²) in [6, 6.07) is 9.06. The highest BCUT2D eigenvalue weighted by Crippen LogP contribution is 2.33. The van der Waals surface area contributed by atoms with Crippen LogP contribution in [0.25, 0.3) is 0 Å². The van der Waals surface area contributed by atoms with Gasteiger partial charge in [-0.25, -0.2) is 4.39 Å². The van der Waals surface area contributed by atoms with Crippen LogP contribution in [0.4, 0.5) is 17.6 Å². The number of nitrogens with one attached hydrogen (secondary N) is 1. The predicted octanol–water partition coefficient (Wildman–Crippen LogP) is 4.36. The molecule has 21 heavy (non-hydrogen) atoms. The van der Waals surface area contributed by atoms with Crippen molar-refractivity contribution >= 4 is 0 Å². The number of benzene rings is 2. The minimum Gasteiger partial charge on any atom is -0.454 e. The molecule has 6 heteroatoms. The van der Waals surface area contributed by atoms with Crippen LogP contribution in [0.5, 0.6) is 11.5 Å². The quantitative estimate of drug-likeness (QED) is 0.847. The second-order valence-corrected chi connectivity index (χ2v) is 4.42. The highest BCUT2D eigenvalue weighted by Gasteiger charge is 2.31. The molecular formula is C15H13F4NO. The van der Waals surface area contributed by atoms with E-state index in [1.54, 1.807) is 25.2 Å². The van der Waals surface area contributed by atoms with E-state index in [0.29, 0.717) is 18.4 Å². The third-order valence-corrected chi connectivity index (χ3v) is 2.77. The summed E-state index contributed by atoms with van der Waals surface area (Å²) in [7, 11) is 1.78. The number of halogens is 4. The summed E-state index contributed by atoms with van der Waals surface area (Å²) in [4.78, 5) is 0. The van der Waals surface area contributed by atoms with E-state index in [4.69, 9.17) is 4.74 Å². The van der Waals surface area contributed by atoms with E-state index >= 15 is 0 Å². The molecule has 0 heterocycles. The van der Waals surface area contributed by atoms with E-state index in [9.17, 15) is 17.6 Å². The number of alkyl halides is 3. The third-order valence-electron chi connectivity index (χ3n) is 2.77. The van der Waals surface area contributed by atoms with Gasteiger partial charge in [0.05, 0.1) is 5.56 Å². The van der Waals surface area contributed by atoms with Gasteiger partial charge < -0.3 is 10.1 Å². The van der Waals surface area contributed by atoms with Gasteiger partial charge in [0, 0.05) is 6.54 Å². The summed E-state index contributed by atoms with van der Waals surface area (Å²) >= 11 is 0. The molecule has 1 N–H and O–H groups in total. The SMILES string of the molecule is CNCc1cccc(Oc2ccc(C(F)(F)F)cc2F)c1. The lowest BCUT2D eigenvalue weighted by atomic mass is 10.2. The lowest BCUT2D eigenvalue weighted by Crippen LogP contribution is -2.06. The number of ether oxygens (including phenoxy) is 1. The molecule has 0 aromatic heterocycles. The summed E-state index contributed by atoms with van der Waals surface area (Å²) in [6.45, 7) is 0.604. The maximum Gasteiger partial charge on any atom is 0.416 e. The van der Waals surface area contributed by atoms with E-state index in [1.165, 1.54) is 0 Å². The average molecular weight is 299 g/mol. The molecule has 0 aliphatic carbocycles. The maximum absolute atomic E-state index is 13.7. The molecule has 0 bridgehead atoms. The lowest BCUT2D eigenvalue weighted by Gasteiger charge is -2.11. The fourth-order valence-electron chi connectivity index (χ4n) is 1.81. The topological polar surface area (TPSA) is 21.3 Å². The first-order chi connectivity index (χ1) is 9.90. The fourth-order valence-corrected chi connectivity index (χ4v) is 1.81.